The summed E-state index contributed by atoms with van der Waals surface area (Å²) in [6, 6.07) is 31.2. The zero-order valence-corrected chi connectivity index (χ0v) is 25.1. The number of halogens is 2. The van der Waals surface area contributed by atoms with Crippen molar-refractivity contribution >= 4 is 24.0 Å². The third-order valence-electron chi connectivity index (χ3n) is 6.69. The summed E-state index contributed by atoms with van der Waals surface area (Å²) >= 11 is 0. The first-order valence-corrected chi connectivity index (χ1v) is 13.6. The molecule has 0 unspecified atom stereocenters. The summed E-state index contributed by atoms with van der Waals surface area (Å²) in [4.78, 5) is 0. The Labute approximate surface area is 250 Å². The average molecular weight is 603 g/mol. The van der Waals surface area contributed by atoms with Crippen molar-refractivity contribution in [3.05, 3.63) is 164 Å². The van der Waals surface area contributed by atoms with Gasteiger partial charge in [-0.05, 0) is 60.3 Å². The zero-order valence-electron chi connectivity index (χ0n) is 20.1. The van der Waals surface area contributed by atoms with Crippen LogP contribution in [0.4, 0.5) is 0 Å². The molecule has 2 aliphatic rings. The molecule has 3 aromatic carbocycles. The Balaban J connectivity index is 0.00000152. The molecule has 0 amide bonds. The molecule has 176 valence electrons. The Kier molecular flexibility index (Phi) is 11.9. The molecule has 0 bridgehead atoms. The Morgan fingerprint density at radius 1 is 0.639 bits per heavy atom. The van der Waals surface area contributed by atoms with Crippen LogP contribution in [0, 0.1) is 36.3 Å². The quantitative estimate of drug-likeness (QED) is 0.257. The minimum absolute atomic E-state index is 0. The van der Waals surface area contributed by atoms with Gasteiger partial charge >= 0.3 is 26.2 Å². The Bertz CT molecular complexity index is 1120. The minimum Gasteiger partial charge on any atom is -1.00 e. The van der Waals surface area contributed by atoms with E-state index in [9.17, 15) is 0 Å². The van der Waals surface area contributed by atoms with Crippen LogP contribution in [0.25, 0.3) is 5.57 Å². The summed E-state index contributed by atoms with van der Waals surface area (Å²) in [6.45, 7) is 8.00. The SMILES string of the molecule is C=CC[C]1[CH][CH][C]([Si]([C]2C=C(CC=C)c3ccccc32)(c2ccccc2)c2ccccc2)[CH]1.[Cl-].[Cl-].[Zr+4]. The van der Waals surface area contributed by atoms with Crippen LogP contribution in [0.3, 0.4) is 0 Å². The van der Waals surface area contributed by atoms with Crippen LogP contribution in [-0.4, -0.2) is 8.07 Å². The predicted octanol–water partition coefficient (Wildman–Crippen LogP) is 0.281. The van der Waals surface area contributed by atoms with Crippen molar-refractivity contribution in [3.63, 3.8) is 0 Å². The van der Waals surface area contributed by atoms with E-state index in [1.807, 2.05) is 12.2 Å². The van der Waals surface area contributed by atoms with Gasteiger partial charge in [-0.1, -0.05) is 114 Å². The summed E-state index contributed by atoms with van der Waals surface area (Å²) in [5.41, 5.74) is 6.95. The van der Waals surface area contributed by atoms with Gasteiger partial charge in [0, 0.05) is 5.54 Å². The van der Waals surface area contributed by atoms with Gasteiger partial charge in [-0.15, -0.1) is 13.2 Å². The molecule has 0 heterocycles. The van der Waals surface area contributed by atoms with Crippen molar-refractivity contribution in [2.75, 3.05) is 0 Å². The molecule has 6 radical (unpaired) electrons. The van der Waals surface area contributed by atoms with Gasteiger partial charge in [-0.25, -0.2) is 0 Å². The van der Waals surface area contributed by atoms with Crippen molar-refractivity contribution in [2.45, 2.75) is 12.8 Å². The van der Waals surface area contributed by atoms with E-state index in [0.29, 0.717) is 0 Å². The molecule has 0 atom stereocenters. The predicted molar refractivity (Wildman–Crippen MR) is 144 cm³/mol. The van der Waals surface area contributed by atoms with Gasteiger partial charge in [0.15, 0.2) is 0 Å². The van der Waals surface area contributed by atoms with E-state index in [0.717, 1.165) is 12.8 Å². The Morgan fingerprint density at radius 2 is 1.17 bits per heavy atom. The molecule has 1 saturated carbocycles. The molecule has 2 aliphatic carbocycles. The molecule has 0 aromatic heterocycles. The fourth-order valence-electron chi connectivity index (χ4n) is 5.32. The Hall–Kier alpha value is -1.44. The number of rotatable bonds is 8. The number of fused-ring (bicyclic) bond motifs is 1. The zero-order chi connectivity index (χ0) is 22.7. The van der Waals surface area contributed by atoms with Crippen LogP contribution >= 0.6 is 0 Å². The molecule has 0 nitrogen and oxygen atoms in total. The van der Waals surface area contributed by atoms with Crippen molar-refractivity contribution in [1.29, 1.82) is 0 Å². The van der Waals surface area contributed by atoms with Crippen LogP contribution in [0.15, 0.2) is 116 Å². The van der Waals surface area contributed by atoms with Gasteiger partial charge in [0.05, 0.1) is 0 Å². The van der Waals surface area contributed by atoms with Crippen molar-refractivity contribution < 1.29 is 51.0 Å². The fourth-order valence-corrected chi connectivity index (χ4v) is 10.4. The second-order valence-electron chi connectivity index (χ2n) is 8.60. The number of hydrogen-bond donors (Lipinski definition) is 0. The molecule has 0 N–H and O–H groups in total. The maximum Gasteiger partial charge on any atom is 4.00 e. The van der Waals surface area contributed by atoms with Crippen LogP contribution in [0.2, 0.25) is 0 Å². The fraction of sp³-hybridized carbons (Fsp3) is 0.0625. The van der Waals surface area contributed by atoms with E-state index < -0.39 is 8.07 Å². The minimum atomic E-state index is -2.55. The van der Waals surface area contributed by atoms with Crippen molar-refractivity contribution in [3.8, 4) is 0 Å². The summed E-state index contributed by atoms with van der Waals surface area (Å²) in [5, 5.41) is 2.82. The molecule has 36 heavy (non-hydrogen) atoms. The van der Waals surface area contributed by atoms with Crippen LogP contribution in [-0.2, 0) is 26.2 Å². The van der Waals surface area contributed by atoms with E-state index in [-0.39, 0.29) is 51.0 Å². The second kappa shape index (κ2) is 13.9. The smallest absolute Gasteiger partial charge is 1.00 e. The topological polar surface area (TPSA) is 0 Å². The third-order valence-corrected chi connectivity index (χ3v) is 11.5. The van der Waals surface area contributed by atoms with Gasteiger partial charge in [0.25, 0.3) is 0 Å². The first-order valence-electron chi connectivity index (χ1n) is 11.6. The normalized spacial score (nSPS) is 15.6. The molecule has 0 saturated heterocycles. The molecule has 0 spiro atoms. The van der Waals surface area contributed by atoms with Crippen molar-refractivity contribution in [2.24, 2.45) is 0 Å². The van der Waals surface area contributed by atoms with E-state index in [2.05, 4.69) is 123 Å². The summed E-state index contributed by atoms with van der Waals surface area (Å²) < 4.78 is 0. The molecule has 5 rings (SSSR count). The van der Waals surface area contributed by atoms with Gasteiger partial charge < -0.3 is 24.8 Å². The van der Waals surface area contributed by atoms with E-state index in [1.54, 1.807) is 0 Å². The molecular formula is C32H28Cl2SiZr+2. The monoisotopic (exact) mass is 600 g/mol. The van der Waals surface area contributed by atoms with Crippen molar-refractivity contribution in [1.82, 2.24) is 0 Å². The van der Waals surface area contributed by atoms with Crippen LogP contribution in [0.1, 0.15) is 24.0 Å². The number of allylic oxidation sites excluding steroid dienone is 4. The van der Waals surface area contributed by atoms with Gasteiger partial charge in [0.1, 0.15) is 8.07 Å². The standard InChI is InChI=1S/C32H28Si.2ClH.Zr/c1-3-13-25-21-22-29(23-25)33(27-15-7-5-8-16-27,28-17-9-6-10-18-28)32-24-26(14-4-2)30-19-11-12-20-31(30)32;;;/h3-12,15-24H,1-2,13-14H2;2*1H;/q;;;+4/p-2. The molecule has 1 fully saturated rings. The van der Waals surface area contributed by atoms with E-state index in [1.165, 1.54) is 44.1 Å². The van der Waals surface area contributed by atoms with Crippen LogP contribution < -0.4 is 35.2 Å². The number of benzene rings is 3. The second-order valence-corrected chi connectivity index (χ2v) is 12.4. The number of hydrogen-bond acceptors (Lipinski definition) is 0. The largest absolute Gasteiger partial charge is 4.00 e. The van der Waals surface area contributed by atoms with Gasteiger partial charge in [-0.3, -0.25) is 0 Å². The molecule has 4 heteroatoms. The van der Waals surface area contributed by atoms with E-state index >= 15 is 0 Å². The molecule has 3 aromatic rings. The maximum atomic E-state index is 4.03. The van der Waals surface area contributed by atoms with Gasteiger partial charge in [0.2, 0.25) is 0 Å². The summed E-state index contributed by atoms with van der Waals surface area (Å²) in [5.74, 6) is 1.32. The summed E-state index contributed by atoms with van der Waals surface area (Å²) in [6.07, 6.45) is 15.3. The van der Waals surface area contributed by atoms with Gasteiger partial charge in [-0.2, -0.15) is 0 Å². The van der Waals surface area contributed by atoms with E-state index in [4.69, 9.17) is 0 Å². The first kappa shape index (κ1) is 30.8. The Morgan fingerprint density at radius 3 is 1.72 bits per heavy atom. The average Bonchev–Trinajstić information content (AvgIpc) is 3.48. The van der Waals surface area contributed by atoms with Crippen LogP contribution in [0.5, 0.6) is 0 Å². The first-order chi connectivity index (χ1) is 16.3. The third kappa shape index (κ3) is 5.53. The maximum absolute atomic E-state index is 4.03. The molecular weight excluding hydrogens is 575 g/mol. The summed E-state index contributed by atoms with van der Waals surface area (Å²) in [7, 11) is -2.55. The molecule has 0 aliphatic heterocycles.